The van der Waals surface area contributed by atoms with Crippen LogP contribution in [0.4, 0.5) is 16.6 Å². The molecular weight excluding hydrogens is 518 g/mol. The molecule has 1 aliphatic rings. The number of benzene rings is 1. The Balaban J connectivity index is 1.32. The fraction of sp³-hybridized carbons (Fsp3) is 0.333. The number of fused-ring (bicyclic) bond motifs is 1. The van der Waals surface area contributed by atoms with Crippen molar-refractivity contribution in [2.45, 2.75) is 26.8 Å². The highest BCUT2D eigenvalue weighted by Gasteiger charge is 2.39. The van der Waals surface area contributed by atoms with Gasteiger partial charge in [0.2, 0.25) is 5.95 Å². The minimum Gasteiger partial charge on any atom is -0.493 e. The van der Waals surface area contributed by atoms with Gasteiger partial charge < -0.3 is 25.0 Å². The molecule has 0 spiro atoms. The van der Waals surface area contributed by atoms with Crippen molar-refractivity contribution < 1.29 is 19.4 Å². The Bertz CT molecular complexity index is 1520. The van der Waals surface area contributed by atoms with Gasteiger partial charge in [0.15, 0.2) is 5.75 Å². The van der Waals surface area contributed by atoms with E-state index in [2.05, 4.69) is 25.3 Å². The number of amides is 2. The van der Waals surface area contributed by atoms with E-state index in [0.717, 1.165) is 15.8 Å². The normalized spacial score (nSPS) is 15.8. The van der Waals surface area contributed by atoms with Gasteiger partial charge in [0, 0.05) is 31.4 Å². The number of hydrogen-bond donors (Lipinski definition) is 2. The SMILES string of the molecule is COc1cnc(Nc2ccc(C(=O)N3CCN(C(=O)O)C(C(C)(C)C)C3)cn2)nc1-c1ccc2ncsc2c1. The summed E-state index contributed by atoms with van der Waals surface area (Å²) < 4.78 is 6.53. The van der Waals surface area contributed by atoms with Gasteiger partial charge in [-0.2, -0.15) is 0 Å². The van der Waals surface area contributed by atoms with Crippen molar-refractivity contribution in [2.24, 2.45) is 5.41 Å². The van der Waals surface area contributed by atoms with Crippen LogP contribution in [0.15, 0.2) is 48.2 Å². The molecule has 2 N–H and O–H groups in total. The maximum absolute atomic E-state index is 13.2. The number of hydrogen-bond acceptors (Lipinski definition) is 9. The molecule has 12 heteroatoms. The number of carboxylic acid groups (broad SMARTS) is 1. The van der Waals surface area contributed by atoms with Crippen LogP contribution in [0, 0.1) is 5.41 Å². The Kier molecular flexibility index (Phi) is 7.04. The van der Waals surface area contributed by atoms with Crippen LogP contribution in [0.2, 0.25) is 0 Å². The van der Waals surface area contributed by atoms with Crippen molar-refractivity contribution in [1.82, 2.24) is 29.7 Å². The molecule has 1 atom stereocenters. The zero-order chi connectivity index (χ0) is 27.7. The van der Waals surface area contributed by atoms with Crippen LogP contribution in [0.1, 0.15) is 31.1 Å². The number of pyridine rings is 1. The number of methoxy groups -OCH3 is 1. The van der Waals surface area contributed by atoms with Gasteiger partial charge in [-0.15, -0.1) is 11.3 Å². The van der Waals surface area contributed by atoms with E-state index < -0.39 is 6.09 Å². The van der Waals surface area contributed by atoms with E-state index in [-0.39, 0.29) is 23.9 Å². The van der Waals surface area contributed by atoms with E-state index in [1.54, 1.807) is 47.2 Å². The Morgan fingerprint density at radius 3 is 2.62 bits per heavy atom. The number of nitrogens with zero attached hydrogens (tertiary/aromatic N) is 6. The number of ether oxygens (including phenoxy) is 1. The molecule has 4 aromatic rings. The Morgan fingerprint density at radius 1 is 1.10 bits per heavy atom. The van der Waals surface area contributed by atoms with Crippen LogP contribution in [0.25, 0.3) is 21.5 Å². The van der Waals surface area contributed by atoms with Gasteiger partial charge in [0.1, 0.15) is 11.5 Å². The molecule has 0 saturated carbocycles. The lowest BCUT2D eigenvalue weighted by molar-refractivity contribution is 0.0198. The number of piperazine rings is 1. The second-order valence-corrected chi connectivity index (χ2v) is 11.2. The summed E-state index contributed by atoms with van der Waals surface area (Å²) in [6.45, 7) is 6.86. The summed E-state index contributed by atoms with van der Waals surface area (Å²) in [6, 6.07) is 8.98. The molecule has 39 heavy (non-hydrogen) atoms. The van der Waals surface area contributed by atoms with Crippen LogP contribution in [0.5, 0.6) is 5.75 Å². The van der Waals surface area contributed by atoms with Gasteiger partial charge in [-0.05, 0) is 29.7 Å². The number of nitrogens with one attached hydrogen (secondary N) is 1. The predicted molar refractivity (Wildman–Crippen MR) is 149 cm³/mol. The largest absolute Gasteiger partial charge is 0.493 e. The fourth-order valence-corrected chi connectivity index (χ4v) is 5.34. The molecule has 202 valence electrons. The molecule has 5 rings (SSSR count). The molecule has 1 saturated heterocycles. The Labute approximate surface area is 229 Å². The molecule has 4 heterocycles. The maximum Gasteiger partial charge on any atom is 0.407 e. The number of anilines is 2. The minimum absolute atomic E-state index is 0.185. The second-order valence-electron chi connectivity index (χ2n) is 10.3. The smallest absolute Gasteiger partial charge is 0.407 e. The molecular formula is C27H29N7O4S. The summed E-state index contributed by atoms with van der Waals surface area (Å²) in [5.74, 6) is 1.16. The lowest BCUT2D eigenvalue weighted by Crippen LogP contribution is -2.60. The van der Waals surface area contributed by atoms with Crippen molar-refractivity contribution in [2.75, 3.05) is 32.1 Å². The van der Waals surface area contributed by atoms with E-state index >= 15 is 0 Å². The number of aromatic nitrogens is 4. The molecule has 3 aromatic heterocycles. The van der Waals surface area contributed by atoms with Crippen molar-refractivity contribution in [3.63, 3.8) is 0 Å². The van der Waals surface area contributed by atoms with Crippen LogP contribution in [-0.2, 0) is 0 Å². The van der Waals surface area contributed by atoms with E-state index in [1.807, 2.05) is 39.0 Å². The minimum atomic E-state index is -0.966. The third-order valence-corrected chi connectivity index (χ3v) is 7.53. The zero-order valence-corrected chi connectivity index (χ0v) is 22.9. The van der Waals surface area contributed by atoms with Crippen molar-refractivity contribution in [3.05, 3.63) is 53.8 Å². The van der Waals surface area contributed by atoms with Gasteiger partial charge in [0.25, 0.3) is 5.91 Å². The monoisotopic (exact) mass is 547 g/mol. The van der Waals surface area contributed by atoms with Gasteiger partial charge in [-0.25, -0.2) is 24.7 Å². The fourth-order valence-electron chi connectivity index (χ4n) is 4.62. The third-order valence-electron chi connectivity index (χ3n) is 6.74. The highest BCUT2D eigenvalue weighted by molar-refractivity contribution is 7.16. The van der Waals surface area contributed by atoms with Crippen molar-refractivity contribution in [3.8, 4) is 17.0 Å². The van der Waals surface area contributed by atoms with Crippen LogP contribution in [-0.4, -0.2) is 79.6 Å². The molecule has 2 amide bonds. The standard InChI is InChI=1S/C27H29N7O4S/c1-27(2,3)21-14-33(9-10-34(21)26(36)37)24(35)17-6-8-22(28-12-17)31-25-29-13-19(38-4)23(32-25)16-5-7-18-20(11-16)39-15-30-18/h5-8,11-13,15,21H,9-10,14H2,1-4H3,(H,36,37)(H,28,29,31,32). The molecule has 1 fully saturated rings. The van der Waals surface area contributed by atoms with Crippen molar-refractivity contribution in [1.29, 1.82) is 0 Å². The van der Waals surface area contributed by atoms with Gasteiger partial charge in [-0.1, -0.05) is 26.8 Å². The second kappa shape index (κ2) is 10.4. The summed E-state index contributed by atoms with van der Waals surface area (Å²) in [5, 5.41) is 12.7. The highest BCUT2D eigenvalue weighted by Crippen LogP contribution is 2.32. The lowest BCUT2D eigenvalue weighted by Gasteiger charge is -2.45. The molecule has 1 aliphatic heterocycles. The molecule has 0 radical (unpaired) electrons. The van der Waals surface area contributed by atoms with Crippen molar-refractivity contribution >= 4 is 45.3 Å². The molecule has 0 bridgehead atoms. The number of carbonyl (C=O) groups is 2. The Morgan fingerprint density at radius 2 is 1.92 bits per heavy atom. The maximum atomic E-state index is 13.2. The summed E-state index contributed by atoms with van der Waals surface area (Å²) in [4.78, 5) is 45.8. The van der Waals surface area contributed by atoms with Crippen LogP contribution in [0.3, 0.4) is 0 Å². The first-order valence-corrected chi connectivity index (χ1v) is 13.3. The van der Waals surface area contributed by atoms with Crippen LogP contribution >= 0.6 is 11.3 Å². The summed E-state index contributed by atoms with van der Waals surface area (Å²) in [6.07, 6.45) is 2.14. The number of thiazole rings is 1. The first-order valence-electron chi connectivity index (χ1n) is 12.4. The molecule has 1 aromatic carbocycles. The Hall–Kier alpha value is -4.32. The summed E-state index contributed by atoms with van der Waals surface area (Å²) >= 11 is 1.55. The number of carbonyl (C=O) groups excluding carboxylic acids is 1. The number of rotatable bonds is 5. The lowest BCUT2D eigenvalue weighted by atomic mass is 9.84. The van der Waals surface area contributed by atoms with Crippen LogP contribution < -0.4 is 10.1 Å². The van der Waals surface area contributed by atoms with E-state index in [4.69, 9.17) is 4.74 Å². The van der Waals surface area contributed by atoms with E-state index in [0.29, 0.717) is 41.9 Å². The average molecular weight is 548 g/mol. The topological polar surface area (TPSA) is 134 Å². The van der Waals surface area contributed by atoms with Gasteiger partial charge >= 0.3 is 6.09 Å². The van der Waals surface area contributed by atoms with Gasteiger partial charge in [0.05, 0.1) is 40.6 Å². The quantitative estimate of drug-likeness (QED) is 0.363. The van der Waals surface area contributed by atoms with E-state index in [9.17, 15) is 14.7 Å². The van der Waals surface area contributed by atoms with E-state index in [1.165, 1.54) is 11.1 Å². The zero-order valence-electron chi connectivity index (χ0n) is 22.1. The first kappa shape index (κ1) is 26.3. The average Bonchev–Trinajstić information content (AvgIpc) is 3.40. The summed E-state index contributed by atoms with van der Waals surface area (Å²) in [7, 11) is 1.57. The first-order chi connectivity index (χ1) is 18.6. The predicted octanol–water partition coefficient (Wildman–Crippen LogP) is 4.75. The molecule has 1 unspecified atom stereocenters. The molecule has 0 aliphatic carbocycles. The highest BCUT2D eigenvalue weighted by atomic mass is 32.1. The molecule has 11 nitrogen and oxygen atoms in total. The summed E-state index contributed by atoms with van der Waals surface area (Å²) in [5.41, 5.74) is 4.34. The third kappa shape index (κ3) is 5.46. The van der Waals surface area contributed by atoms with Gasteiger partial charge in [-0.3, -0.25) is 4.79 Å².